The lowest BCUT2D eigenvalue weighted by atomic mass is 9.87. The number of hydrogen-bond acceptors (Lipinski definition) is 2. The maximum atomic E-state index is 2.67. The van der Waals surface area contributed by atoms with Crippen LogP contribution in [0.5, 0.6) is 0 Å². The molecule has 13 rings (SSSR count). The van der Waals surface area contributed by atoms with E-state index in [1.807, 2.05) is 0 Å². The molecule has 13 aromatic rings. The first-order valence-corrected chi connectivity index (χ1v) is 37.3. The number of benzene rings is 11. The summed E-state index contributed by atoms with van der Waals surface area (Å²) in [5.41, 5.74) is 23.8. The van der Waals surface area contributed by atoms with Gasteiger partial charge in [0.1, 0.15) is 0 Å². The van der Waals surface area contributed by atoms with Gasteiger partial charge in [-0.1, -0.05) is 244 Å². The molecule has 0 saturated heterocycles. The van der Waals surface area contributed by atoms with Crippen LogP contribution in [0.3, 0.4) is 0 Å². The Kier molecular flexibility index (Phi) is 19.0. The fraction of sp³-hybridized carbons (Fsp3) is 0.340. The molecule has 0 amide bonds. The summed E-state index contributed by atoms with van der Waals surface area (Å²) in [6.07, 6.45) is 8.66. The molecule has 490 valence electrons. The average molecular weight is 1260 g/mol. The molecule has 0 saturated carbocycles. The van der Waals surface area contributed by atoms with Crippen LogP contribution in [0.1, 0.15) is 254 Å². The first kappa shape index (κ1) is 66.2. The largest absolute Gasteiger partial charge is 0.310 e. The van der Waals surface area contributed by atoms with Gasteiger partial charge in [0, 0.05) is 33.5 Å². The van der Waals surface area contributed by atoms with Crippen molar-refractivity contribution in [2.24, 2.45) is 0 Å². The molecular formula is C94H104N2. The number of rotatable bonds is 24. The fourth-order valence-corrected chi connectivity index (χ4v) is 15.8. The molecule has 0 bridgehead atoms. The topological polar surface area (TPSA) is 6.48 Å². The van der Waals surface area contributed by atoms with Crippen LogP contribution in [-0.2, 0) is 0 Å². The molecule has 96 heavy (non-hydrogen) atoms. The van der Waals surface area contributed by atoms with Gasteiger partial charge < -0.3 is 9.80 Å². The zero-order valence-corrected chi connectivity index (χ0v) is 60.6. The summed E-state index contributed by atoms with van der Waals surface area (Å²) >= 11 is 0. The Morgan fingerprint density at radius 2 is 0.438 bits per heavy atom. The third-order valence-electron chi connectivity index (χ3n) is 23.6. The van der Waals surface area contributed by atoms with Gasteiger partial charge in [0.2, 0.25) is 0 Å². The van der Waals surface area contributed by atoms with Gasteiger partial charge in [-0.15, -0.1) is 0 Å². The van der Waals surface area contributed by atoms with E-state index >= 15 is 0 Å². The van der Waals surface area contributed by atoms with Crippen LogP contribution in [0.15, 0.2) is 194 Å². The Morgan fingerprint density at radius 3 is 0.667 bits per heavy atom. The van der Waals surface area contributed by atoms with Crippen molar-refractivity contribution < 1.29 is 0 Å². The molecule has 0 heterocycles. The highest BCUT2D eigenvalue weighted by Crippen LogP contribution is 2.58. The van der Waals surface area contributed by atoms with Gasteiger partial charge in [-0.05, 0) is 280 Å². The van der Waals surface area contributed by atoms with E-state index in [0.717, 1.165) is 51.4 Å². The zero-order chi connectivity index (χ0) is 67.4. The molecule has 0 aromatic heterocycles. The molecule has 13 aromatic carbocycles. The molecule has 0 aliphatic carbocycles. The predicted octanol–water partition coefficient (Wildman–Crippen LogP) is 29.9. The molecule has 2 nitrogen and oxygen atoms in total. The van der Waals surface area contributed by atoms with Crippen LogP contribution < -0.4 is 9.80 Å². The van der Waals surface area contributed by atoms with Crippen molar-refractivity contribution in [3.05, 3.63) is 239 Å². The average Bonchev–Trinajstić information content (AvgIpc) is 1.51. The number of hydrogen-bond donors (Lipinski definition) is 0. The van der Waals surface area contributed by atoms with Gasteiger partial charge in [0.15, 0.2) is 0 Å². The van der Waals surface area contributed by atoms with E-state index in [1.54, 1.807) is 0 Å². The maximum Gasteiger partial charge on any atom is 0.0540 e. The van der Waals surface area contributed by atoms with Crippen LogP contribution in [0.25, 0.3) is 86.9 Å². The monoisotopic (exact) mass is 1260 g/mol. The molecule has 0 radical (unpaired) electrons. The first-order valence-electron chi connectivity index (χ1n) is 37.3. The highest BCUT2D eigenvalue weighted by atomic mass is 15.2. The maximum absolute atomic E-state index is 2.67. The molecule has 2 heteroatoms. The van der Waals surface area contributed by atoms with Crippen LogP contribution >= 0.6 is 0 Å². The molecule has 0 aliphatic heterocycles. The smallest absolute Gasteiger partial charge is 0.0540 e. The van der Waals surface area contributed by atoms with E-state index in [9.17, 15) is 0 Å². The highest BCUT2D eigenvalue weighted by molar-refractivity contribution is 6.47. The van der Waals surface area contributed by atoms with Gasteiger partial charge in [-0.25, -0.2) is 0 Å². The van der Waals surface area contributed by atoms with Crippen molar-refractivity contribution >= 4 is 98.8 Å². The Balaban J connectivity index is 1.17. The Hall–Kier alpha value is -8.46. The van der Waals surface area contributed by atoms with Crippen LogP contribution in [0, 0.1) is 0 Å². The Labute approximate surface area is 575 Å². The van der Waals surface area contributed by atoms with Crippen LogP contribution in [0.4, 0.5) is 34.1 Å². The standard InChI is InChI=1S/C94H104N2/c1-17-57(9)67-45-68(58(10)18-2)50-75(49-67)95(76-51-69(59(11)19-3)46-70(52-76)60(12)20-4)85-43-41-83-89-79(85)37-31-39-81(89)91-87(65-33-27-25-28-34-65)94-84-42-44-86(80-38-32-40-82(90(80)84)92(94)88(93(83)91)66-35-29-26-30-36-66)96(77-53-71(61(13)21-5)47-72(54-77)62(14)22-6)78-55-73(63(15)23-7)48-74(56-78)64(16)24-8/h25-64H,17-24H2,1-16H3. The van der Waals surface area contributed by atoms with E-state index in [0.29, 0.717) is 47.3 Å². The second-order valence-corrected chi connectivity index (χ2v) is 29.3. The molecule has 0 N–H and O–H groups in total. The third-order valence-corrected chi connectivity index (χ3v) is 23.6. The SMILES string of the molecule is CCC(C)c1cc(C(C)CC)cc(N(c2cc(C(C)CC)cc(C(C)CC)c2)c2ccc3c4c(-c5ccccc5)c5c6cccc7c(N(c8cc(C(C)CC)cc(C(C)CC)c8)c8cc(C(C)CC)cc(C(C)CC)c8)ccc(c5c(-c5ccccc5)c4c4cccc2c43)c76)c1. The van der Waals surface area contributed by atoms with Crippen LogP contribution in [0.2, 0.25) is 0 Å². The van der Waals surface area contributed by atoms with Crippen molar-refractivity contribution in [1.82, 2.24) is 0 Å². The van der Waals surface area contributed by atoms with Crippen molar-refractivity contribution in [3.63, 3.8) is 0 Å². The minimum atomic E-state index is 0.416. The van der Waals surface area contributed by atoms with Crippen LogP contribution in [-0.4, -0.2) is 0 Å². The highest BCUT2D eigenvalue weighted by Gasteiger charge is 2.32. The summed E-state index contributed by atoms with van der Waals surface area (Å²) in [6.45, 7) is 38.0. The summed E-state index contributed by atoms with van der Waals surface area (Å²) in [5.74, 6) is 3.32. The van der Waals surface area contributed by atoms with E-state index < -0.39 is 0 Å². The van der Waals surface area contributed by atoms with E-state index in [2.05, 4.69) is 315 Å². The number of fused-ring (bicyclic) bond motifs is 6. The van der Waals surface area contributed by atoms with Crippen molar-refractivity contribution in [2.45, 2.75) is 209 Å². The lowest BCUT2D eigenvalue weighted by Crippen LogP contribution is -2.14. The third kappa shape index (κ3) is 11.6. The van der Waals surface area contributed by atoms with E-state index in [4.69, 9.17) is 0 Å². The van der Waals surface area contributed by atoms with Crippen molar-refractivity contribution in [2.75, 3.05) is 9.80 Å². The zero-order valence-electron chi connectivity index (χ0n) is 60.6. The van der Waals surface area contributed by atoms with E-state index in [-0.39, 0.29) is 0 Å². The summed E-state index contributed by atoms with van der Waals surface area (Å²) in [6, 6.07) is 77.8. The number of anilines is 6. The molecule has 8 unspecified atom stereocenters. The Bertz CT molecular complexity index is 4300. The summed E-state index contributed by atoms with van der Waals surface area (Å²) < 4.78 is 0. The second kappa shape index (κ2) is 27.6. The van der Waals surface area contributed by atoms with Crippen molar-refractivity contribution in [3.8, 4) is 22.3 Å². The minimum Gasteiger partial charge on any atom is -0.310 e. The molecule has 0 fully saturated rings. The molecule has 8 atom stereocenters. The van der Waals surface area contributed by atoms with Crippen molar-refractivity contribution in [1.29, 1.82) is 0 Å². The van der Waals surface area contributed by atoms with E-state index in [1.165, 1.54) is 166 Å². The predicted molar refractivity (Wildman–Crippen MR) is 424 cm³/mol. The van der Waals surface area contributed by atoms with Gasteiger partial charge in [-0.2, -0.15) is 0 Å². The molecule has 0 aliphatic rings. The lowest BCUT2D eigenvalue weighted by Gasteiger charge is -2.31. The first-order chi connectivity index (χ1) is 46.6. The Morgan fingerprint density at radius 1 is 0.219 bits per heavy atom. The summed E-state index contributed by atoms with van der Waals surface area (Å²) in [7, 11) is 0. The normalized spacial score (nSPS) is 14.7. The fourth-order valence-electron chi connectivity index (χ4n) is 15.8. The van der Waals surface area contributed by atoms with Gasteiger partial charge in [0.25, 0.3) is 0 Å². The summed E-state index contributed by atoms with van der Waals surface area (Å²) in [5, 5.41) is 15.7. The summed E-state index contributed by atoms with van der Waals surface area (Å²) in [4.78, 5) is 5.35. The number of nitrogens with zero attached hydrogens (tertiary/aromatic N) is 2. The quantitative estimate of drug-likeness (QED) is 0.0595. The molecular weight excluding hydrogens is 1160 g/mol. The minimum absolute atomic E-state index is 0.416. The lowest BCUT2D eigenvalue weighted by molar-refractivity contribution is 0.710. The second-order valence-electron chi connectivity index (χ2n) is 29.3. The molecule has 0 spiro atoms. The van der Waals surface area contributed by atoms with Gasteiger partial charge >= 0.3 is 0 Å². The van der Waals surface area contributed by atoms with Gasteiger partial charge in [-0.3, -0.25) is 0 Å². The van der Waals surface area contributed by atoms with Gasteiger partial charge in [0.05, 0.1) is 11.4 Å².